The monoisotopic (exact) mass is 316 g/mol. The lowest BCUT2D eigenvalue weighted by Gasteiger charge is -2.21. The second-order valence-electron chi connectivity index (χ2n) is 6.19. The van der Waals surface area contributed by atoms with Crippen LogP contribution in [0.1, 0.15) is 6.23 Å². The molecule has 4 unspecified atom stereocenters. The fourth-order valence-corrected chi connectivity index (χ4v) is 3.59. The van der Waals surface area contributed by atoms with Crippen molar-refractivity contribution in [1.82, 2.24) is 9.55 Å². The lowest BCUT2D eigenvalue weighted by atomic mass is 10.1. The van der Waals surface area contributed by atoms with Gasteiger partial charge in [-0.3, -0.25) is 14.3 Å². The third-order valence-corrected chi connectivity index (χ3v) is 5.54. The van der Waals surface area contributed by atoms with Crippen molar-refractivity contribution < 1.29 is 20.1 Å². The van der Waals surface area contributed by atoms with Crippen LogP contribution in [0.4, 0.5) is 0 Å². The summed E-state index contributed by atoms with van der Waals surface area (Å²) in [5.74, 6) is 0. The molecule has 8 nitrogen and oxygen atoms in total. The zero-order chi connectivity index (χ0) is 15.9. The molecule has 0 aromatic carbocycles. The topological polar surface area (TPSA) is 125 Å². The normalized spacial score (nSPS) is 29.8. The molecular weight excluding hydrogens is 296 g/mol. The number of nitrogens with one attached hydrogen (secondary N) is 1. The Hall–Kier alpha value is -1.26. The number of hydrogen-bond acceptors (Lipinski definition) is 6. The number of ether oxygens (including phenoxy) is 1. The van der Waals surface area contributed by atoms with Gasteiger partial charge in [-0.05, 0) is 0 Å². The molecule has 1 aromatic rings. The van der Waals surface area contributed by atoms with Crippen LogP contribution in [0, 0.1) is 0 Å². The molecule has 21 heavy (non-hydrogen) atoms. The standard InChI is InChI=1S/C12H20N2O6Si/c1-21(2,3)7-4-14(12(19)13-10(7)18)11-9(17)8(16)6(5-15)20-11/h4,6,8-9,11,15-17H,5H2,1-3H3,(H,13,18,19). The number of rotatable bonds is 3. The van der Waals surface area contributed by atoms with Gasteiger partial charge in [-0.1, -0.05) is 19.6 Å². The van der Waals surface area contributed by atoms with E-state index in [0.29, 0.717) is 5.19 Å². The summed E-state index contributed by atoms with van der Waals surface area (Å²) in [6.45, 7) is 5.37. The van der Waals surface area contributed by atoms with E-state index in [1.165, 1.54) is 6.20 Å². The first-order valence-corrected chi connectivity index (χ1v) is 10.1. The Bertz CT molecular complexity index is 634. The zero-order valence-electron chi connectivity index (χ0n) is 12.1. The van der Waals surface area contributed by atoms with Gasteiger partial charge >= 0.3 is 5.69 Å². The fourth-order valence-electron chi connectivity index (χ4n) is 2.32. The van der Waals surface area contributed by atoms with E-state index in [2.05, 4.69) is 4.98 Å². The molecule has 1 fully saturated rings. The Labute approximate surface area is 121 Å². The maximum atomic E-state index is 11.9. The predicted molar refractivity (Wildman–Crippen MR) is 77.3 cm³/mol. The highest BCUT2D eigenvalue weighted by molar-refractivity contribution is 6.88. The minimum atomic E-state index is -2.00. The Morgan fingerprint density at radius 3 is 2.38 bits per heavy atom. The van der Waals surface area contributed by atoms with Crippen molar-refractivity contribution in [3.63, 3.8) is 0 Å². The first-order chi connectivity index (χ1) is 9.66. The molecule has 0 saturated carbocycles. The van der Waals surface area contributed by atoms with Crippen molar-refractivity contribution in [3.8, 4) is 0 Å². The third-order valence-electron chi connectivity index (χ3n) is 3.57. The van der Waals surface area contributed by atoms with E-state index in [-0.39, 0.29) is 0 Å². The Morgan fingerprint density at radius 2 is 1.90 bits per heavy atom. The average Bonchev–Trinajstić information content (AvgIpc) is 2.65. The van der Waals surface area contributed by atoms with Crippen molar-refractivity contribution in [1.29, 1.82) is 0 Å². The molecular formula is C12H20N2O6Si. The molecule has 1 aliphatic rings. The van der Waals surface area contributed by atoms with Crippen molar-refractivity contribution >= 4 is 13.3 Å². The summed E-state index contributed by atoms with van der Waals surface area (Å²) in [5.41, 5.74) is -1.17. The molecule has 0 radical (unpaired) electrons. The van der Waals surface area contributed by atoms with Crippen LogP contribution >= 0.6 is 0 Å². The maximum absolute atomic E-state index is 11.9. The quantitative estimate of drug-likeness (QED) is 0.465. The minimum Gasteiger partial charge on any atom is -0.394 e. The molecule has 0 aliphatic carbocycles. The number of aromatic amines is 1. The Kier molecular flexibility index (Phi) is 4.22. The first-order valence-electron chi connectivity index (χ1n) is 6.65. The molecule has 9 heteroatoms. The van der Waals surface area contributed by atoms with Crippen molar-refractivity contribution in [3.05, 3.63) is 27.0 Å². The number of nitrogens with zero attached hydrogens (tertiary/aromatic N) is 1. The third kappa shape index (κ3) is 2.87. The van der Waals surface area contributed by atoms with Gasteiger partial charge in [0.05, 0.1) is 14.7 Å². The lowest BCUT2D eigenvalue weighted by molar-refractivity contribution is -0.0549. The Balaban J connectivity index is 2.50. The van der Waals surface area contributed by atoms with Gasteiger partial charge in [0.2, 0.25) is 0 Å². The predicted octanol–water partition coefficient (Wildman–Crippen LogP) is -2.31. The molecule has 0 bridgehead atoms. The summed E-state index contributed by atoms with van der Waals surface area (Å²) >= 11 is 0. The van der Waals surface area contributed by atoms with E-state index in [1.54, 1.807) is 0 Å². The van der Waals surface area contributed by atoms with Gasteiger partial charge in [0.15, 0.2) is 6.23 Å². The molecule has 1 saturated heterocycles. The van der Waals surface area contributed by atoms with E-state index in [0.717, 1.165) is 4.57 Å². The van der Waals surface area contributed by atoms with Crippen LogP contribution in [-0.4, -0.2) is 57.9 Å². The highest BCUT2D eigenvalue weighted by Gasteiger charge is 2.44. The largest absolute Gasteiger partial charge is 0.394 e. The number of aromatic nitrogens is 2. The maximum Gasteiger partial charge on any atom is 0.330 e. The number of aliphatic hydroxyl groups excluding tert-OH is 3. The average molecular weight is 316 g/mol. The smallest absolute Gasteiger partial charge is 0.330 e. The van der Waals surface area contributed by atoms with Crippen LogP contribution in [-0.2, 0) is 4.74 Å². The van der Waals surface area contributed by atoms with Crippen LogP contribution in [0.3, 0.4) is 0 Å². The summed E-state index contributed by atoms with van der Waals surface area (Å²) in [7, 11) is -2.00. The van der Waals surface area contributed by atoms with Gasteiger partial charge in [-0.2, -0.15) is 0 Å². The summed E-state index contributed by atoms with van der Waals surface area (Å²) in [6, 6.07) is 0. The highest BCUT2D eigenvalue weighted by atomic mass is 28.3. The van der Waals surface area contributed by atoms with Gasteiger partial charge in [0.1, 0.15) is 18.3 Å². The molecule has 1 aliphatic heterocycles. The van der Waals surface area contributed by atoms with Crippen LogP contribution in [0.25, 0.3) is 0 Å². The van der Waals surface area contributed by atoms with Gasteiger partial charge in [-0.25, -0.2) is 4.79 Å². The first kappa shape index (κ1) is 16.1. The summed E-state index contributed by atoms with van der Waals surface area (Å²) in [4.78, 5) is 26.0. The van der Waals surface area contributed by atoms with E-state index < -0.39 is 50.5 Å². The van der Waals surface area contributed by atoms with Gasteiger partial charge in [-0.15, -0.1) is 0 Å². The van der Waals surface area contributed by atoms with Gasteiger partial charge in [0.25, 0.3) is 5.56 Å². The number of hydrogen-bond donors (Lipinski definition) is 4. The molecule has 118 valence electrons. The molecule has 2 heterocycles. The molecule has 4 N–H and O–H groups in total. The van der Waals surface area contributed by atoms with Crippen LogP contribution in [0.15, 0.2) is 15.8 Å². The SMILES string of the molecule is C[Si](C)(C)c1cn(C2OC(CO)C(O)C2O)c(=O)[nH]c1=O. The van der Waals surface area contributed by atoms with Crippen molar-refractivity contribution in [2.45, 2.75) is 44.2 Å². The minimum absolute atomic E-state index is 0.442. The van der Waals surface area contributed by atoms with Gasteiger partial charge < -0.3 is 20.1 Å². The fraction of sp³-hybridized carbons (Fsp3) is 0.667. The van der Waals surface area contributed by atoms with Crippen LogP contribution in [0.5, 0.6) is 0 Å². The summed E-state index contributed by atoms with van der Waals surface area (Å²) in [6.07, 6.45) is -3.39. The van der Waals surface area contributed by atoms with Gasteiger partial charge in [0, 0.05) is 11.4 Å². The molecule has 0 amide bonds. The number of aliphatic hydroxyl groups is 3. The highest BCUT2D eigenvalue weighted by Crippen LogP contribution is 2.27. The molecule has 2 rings (SSSR count). The second kappa shape index (κ2) is 5.50. The van der Waals surface area contributed by atoms with Crippen LogP contribution in [0.2, 0.25) is 19.6 Å². The summed E-state index contributed by atoms with van der Waals surface area (Å²) < 4.78 is 6.38. The zero-order valence-corrected chi connectivity index (χ0v) is 13.1. The van der Waals surface area contributed by atoms with Crippen molar-refractivity contribution in [2.75, 3.05) is 6.61 Å². The van der Waals surface area contributed by atoms with Crippen LogP contribution < -0.4 is 16.4 Å². The summed E-state index contributed by atoms with van der Waals surface area (Å²) in [5, 5.41) is 29.3. The molecule has 4 atom stereocenters. The van der Waals surface area contributed by atoms with E-state index in [4.69, 9.17) is 9.84 Å². The van der Waals surface area contributed by atoms with E-state index >= 15 is 0 Å². The van der Waals surface area contributed by atoms with E-state index in [1.807, 2.05) is 19.6 Å². The molecule has 0 spiro atoms. The Morgan fingerprint density at radius 1 is 1.29 bits per heavy atom. The second-order valence-corrected chi connectivity index (χ2v) is 11.2. The van der Waals surface area contributed by atoms with E-state index in [9.17, 15) is 19.8 Å². The van der Waals surface area contributed by atoms with Crippen molar-refractivity contribution in [2.24, 2.45) is 0 Å². The number of H-pyrrole nitrogens is 1. The molecule has 1 aromatic heterocycles. The lowest BCUT2D eigenvalue weighted by Crippen LogP contribution is -2.53.